The maximum Gasteiger partial charge on any atom is 0.339 e. The Morgan fingerprint density at radius 1 is 0.892 bits per heavy atom. The van der Waals surface area contributed by atoms with E-state index in [0.717, 1.165) is 22.9 Å². The lowest BCUT2D eigenvalue weighted by Crippen LogP contribution is -2.21. The molecule has 8 heteroatoms. The number of unbranched alkanes of at least 4 members (excludes halogenated alkanes) is 1. The fraction of sp³-hybridized carbons (Fsp3) is 0.172. The second-order valence-corrected chi connectivity index (χ2v) is 9.19. The molecule has 0 unspecified atom stereocenters. The van der Waals surface area contributed by atoms with Gasteiger partial charge in [-0.3, -0.25) is 4.79 Å². The van der Waals surface area contributed by atoms with Crippen LogP contribution in [0.5, 0.6) is 0 Å². The molecule has 4 rings (SSSR count). The van der Waals surface area contributed by atoms with Crippen LogP contribution in [0.25, 0.3) is 22.2 Å². The molecule has 0 bridgehead atoms. The van der Waals surface area contributed by atoms with Gasteiger partial charge in [-0.05, 0) is 55.0 Å². The average Bonchev–Trinajstić information content (AvgIpc) is 2.92. The van der Waals surface area contributed by atoms with Crippen molar-refractivity contribution in [3.05, 3.63) is 94.5 Å². The number of aromatic nitrogens is 1. The van der Waals surface area contributed by atoms with E-state index < -0.39 is 24.5 Å². The van der Waals surface area contributed by atoms with Crippen molar-refractivity contribution in [1.29, 1.82) is 0 Å². The van der Waals surface area contributed by atoms with Gasteiger partial charge in [-0.15, -0.1) is 0 Å². The number of hydrogen-bond donors (Lipinski definition) is 1. The number of halogens is 1. The molecule has 0 fully saturated rings. The number of fused-ring (bicyclic) bond motifs is 1. The number of pyridine rings is 1. The Morgan fingerprint density at radius 2 is 1.62 bits per heavy atom. The van der Waals surface area contributed by atoms with Crippen LogP contribution in [0.1, 0.15) is 40.5 Å². The lowest BCUT2D eigenvalue weighted by atomic mass is 10.0. The molecular formula is C29H25BrN2O5. The van der Waals surface area contributed by atoms with Crippen molar-refractivity contribution in [3.63, 3.8) is 0 Å². The van der Waals surface area contributed by atoms with Crippen LogP contribution in [-0.2, 0) is 14.3 Å². The number of carbonyl (C=O) groups is 3. The first-order chi connectivity index (χ1) is 17.9. The van der Waals surface area contributed by atoms with E-state index in [0.29, 0.717) is 40.0 Å². The Hall–Kier alpha value is -4.04. The predicted molar refractivity (Wildman–Crippen MR) is 145 cm³/mol. The molecule has 1 N–H and O–H groups in total. The van der Waals surface area contributed by atoms with Gasteiger partial charge < -0.3 is 14.8 Å². The molecule has 7 nitrogen and oxygen atoms in total. The van der Waals surface area contributed by atoms with Gasteiger partial charge in [-0.1, -0.05) is 59.6 Å². The molecular weight excluding hydrogens is 536 g/mol. The lowest BCUT2D eigenvalue weighted by Gasteiger charge is -2.11. The van der Waals surface area contributed by atoms with Crippen LogP contribution < -0.4 is 5.32 Å². The Morgan fingerprint density at radius 3 is 2.35 bits per heavy atom. The average molecular weight is 561 g/mol. The molecule has 1 heterocycles. The van der Waals surface area contributed by atoms with Crippen LogP contribution in [0, 0.1) is 0 Å². The first kappa shape index (κ1) is 26.0. The van der Waals surface area contributed by atoms with Gasteiger partial charge in [0.25, 0.3) is 5.91 Å². The molecule has 37 heavy (non-hydrogen) atoms. The highest BCUT2D eigenvalue weighted by molar-refractivity contribution is 9.10. The van der Waals surface area contributed by atoms with Gasteiger partial charge in [0.1, 0.15) is 0 Å². The van der Waals surface area contributed by atoms with E-state index in [-0.39, 0.29) is 0 Å². The largest absolute Gasteiger partial charge is 0.462 e. The van der Waals surface area contributed by atoms with E-state index in [2.05, 4.69) is 26.2 Å². The second kappa shape index (κ2) is 12.3. The zero-order valence-corrected chi connectivity index (χ0v) is 21.8. The minimum atomic E-state index is -0.628. The summed E-state index contributed by atoms with van der Waals surface area (Å²) in [4.78, 5) is 42.1. The van der Waals surface area contributed by atoms with Gasteiger partial charge >= 0.3 is 11.9 Å². The summed E-state index contributed by atoms with van der Waals surface area (Å²) < 4.78 is 11.4. The standard InChI is InChI=1S/C29H25BrN2O5/c1-2-3-16-36-28(34)20-10-14-22(15-11-20)31-27(33)18-37-29(35)24-17-26(19-8-12-21(30)13-9-19)32-25-7-5-4-6-23(24)25/h4-15,17H,2-3,16,18H2,1H3,(H,31,33). The van der Waals surface area contributed by atoms with E-state index in [1.807, 2.05) is 49.4 Å². The third kappa shape index (κ3) is 6.80. The summed E-state index contributed by atoms with van der Waals surface area (Å²) in [6.07, 6.45) is 1.74. The second-order valence-electron chi connectivity index (χ2n) is 8.27. The fourth-order valence-electron chi connectivity index (χ4n) is 3.60. The predicted octanol–water partition coefficient (Wildman–Crippen LogP) is 6.42. The summed E-state index contributed by atoms with van der Waals surface area (Å²) in [6, 6.07) is 22.9. The smallest absolute Gasteiger partial charge is 0.339 e. The maximum atomic E-state index is 13.0. The normalized spacial score (nSPS) is 10.6. The number of esters is 2. The summed E-state index contributed by atoms with van der Waals surface area (Å²) >= 11 is 3.42. The van der Waals surface area contributed by atoms with Crippen LogP contribution in [0.2, 0.25) is 0 Å². The number of rotatable bonds is 9. The van der Waals surface area contributed by atoms with Crippen LogP contribution in [0.4, 0.5) is 5.69 Å². The van der Waals surface area contributed by atoms with Crippen molar-refractivity contribution in [1.82, 2.24) is 4.98 Å². The summed E-state index contributed by atoms with van der Waals surface area (Å²) in [5.41, 5.74) is 3.30. The number of amides is 1. The molecule has 0 aliphatic carbocycles. The summed E-state index contributed by atoms with van der Waals surface area (Å²) in [7, 11) is 0. The molecule has 0 saturated carbocycles. The quantitative estimate of drug-likeness (QED) is 0.187. The Kier molecular flexibility index (Phi) is 8.64. The Balaban J connectivity index is 1.42. The van der Waals surface area contributed by atoms with Gasteiger partial charge in [0.2, 0.25) is 0 Å². The highest BCUT2D eigenvalue weighted by Gasteiger charge is 2.17. The minimum absolute atomic E-state index is 0.322. The van der Waals surface area contributed by atoms with Gasteiger partial charge in [0.15, 0.2) is 6.61 Å². The molecule has 0 atom stereocenters. The number of anilines is 1. The number of nitrogens with zero attached hydrogens (tertiary/aromatic N) is 1. The van der Waals surface area contributed by atoms with Crippen LogP contribution in [0.15, 0.2) is 83.3 Å². The third-order valence-corrected chi connectivity index (χ3v) is 6.07. The van der Waals surface area contributed by atoms with Crippen LogP contribution in [-0.4, -0.2) is 36.0 Å². The zero-order chi connectivity index (χ0) is 26.2. The highest BCUT2D eigenvalue weighted by Crippen LogP contribution is 2.26. The number of hydrogen-bond acceptors (Lipinski definition) is 6. The SMILES string of the molecule is CCCCOC(=O)c1ccc(NC(=O)COC(=O)c2cc(-c3ccc(Br)cc3)nc3ccccc23)cc1. The van der Waals surface area contributed by atoms with Crippen molar-refractivity contribution in [3.8, 4) is 11.3 Å². The topological polar surface area (TPSA) is 94.6 Å². The van der Waals surface area contributed by atoms with Crippen molar-refractivity contribution in [2.24, 2.45) is 0 Å². The van der Waals surface area contributed by atoms with E-state index in [9.17, 15) is 14.4 Å². The lowest BCUT2D eigenvalue weighted by molar-refractivity contribution is -0.119. The molecule has 0 radical (unpaired) electrons. The monoisotopic (exact) mass is 560 g/mol. The maximum absolute atomic E-state index is 13.0. The highest BCUT2D eigenvalue weighted by atomic mass is 79.9. The number of carbonyl (C=O) groups excluding carboxylic acids is 3. The minimum Gasteiger partial charge on any atom is -0.462 e. The molecule has 0 aliphatic heterocycles. The first-order valence-corrected chi connectivity index (χ1v) is 12.6. The molecule has 4 aromatic rings. The zero-order valence-electron chi connectivity index (χ0n) is 20.2. The Bertz CT molecular complexity index is 1420. The van der Waals surface area contributed by atoms with E-state index >= 15 is 0 Å². The summed E-state index contributed by atoms with van der Waals surface area (Å²) in [6.45, 7) is 1.92. The molecule has 1 amide bonds. The van der Waals surface area contributed by atoms with E-state index in [1.165, 1.54) is 0 Å². The van der Waals surface area contributed by atoms with Crippen LogP contribution in [0.3, 0.4) is 0 Å². The number of nitrogens with one attached hydrogen (secondary N) is 1. The van der Waals surface area contributed by atoms with E-state index in [1.54, 1.807) is 36.4 Å². The number of para-hydroxylation sites is 1. The van der Waals surface area contributed by atoms with Crippen LogP contribution >= 0.6 is 15.9 Å². The van der Waals surface area contributed by atoms with E-state index in [4.69, 9.17) is 9.47 Å². The molecule has 188 valence electrons. The molecule has 0 spiro atoms. The summed E-state index contributed by atoms with van der Waals surface area (Å²) in [5, 5.41) is 3.30. The van der Waals surface area contributed by atoms with Gasteiger partial charge in [-0.2, -0.15) is 0 Å². The number of ether oxygens (including phenoxy) is 2. The van der Waals surface area contributed by atoms with Gasteiger partial charge in [0, 0.05) is 21.1 Å². The van der Waals surface area contributed by atoms with Crippen molar-refractivity contribution in [2.75, 3.05) is 18.5 Å². The third-order valence-electron chi connectivity index (χ3n) is 5.55. The molecule has 0 saturated heterocycles. The fourth-order valence-corrected chi connectivity index (χ4v) is 3.87. The molecule has 0 aliphatic rings. The van der Waals surface area contributed by atoms with Crippen molar-refractivity contribution in [2.45, 2.75) is 19.8 Å². The number of benzene rings is 3. The van der Waals surface area contributed by atoms with Crippen molar-refractivity contribution < 1.29 is 23.9 Å². The molecule has 3 aromatic carbocycles. The van der Waals surface area contributed by atoms with Gasteiger partial charge in [-0.25, -0.2) is 14.6 Å². The molecule has 1 aromatic heterocycles. The van der Waals surface area contributed by atoms with Crippen molar-refractivity contribution >= 4 is 50.4 Å². The Labute approximate surface area is 222 Å². The first-order valence-electron chi connectivity index (χ1n) is 11.8. The van der Waals surface area contributed by atoms with Gasteiger partial charge in [0.05, 0.1) is 28.9 Å². The summed E-state index contributed by atoms with van der Waals surface area (Å²) in [5.74, 6) is -1.54.